The van der Waals surface area contributed by atoms with Crippen LogP contribution in [0.3, 0.4) is 0 Å². The van der Waals surface area contributed by atoms with Crippen LogP contribution in [0.4, 0.5) is 33.3 Å². The lowest BCUT2D eigenvalue weighted by molar-refractivity contribution is -0.115. The average Bonchev–Trinajstić information content (AvgIpc) is 3.36. The molecule has 12 heteroatoms. The van der Waals surface area contributed by atoms with Gasteiger partial charge in [0.1, 0.15) is 11.5 Å². The number of rotatable bonds is 4. The first-order chi connectivity index (χ1) is 18.5. The summed E-state index contributed by atoms with van der Waals surface area (Å²) in [6.07, 6.45) is -3.01. The maximum absolute atomic E-state index is 16.3. The summed E-state index contributed by atoms with van der Waals surface area (Å²) in [5.41, 5.74) is -2.55. The lowest BCUT2D eigenvalue weighted by Crippen LogP contribution is -2.55. The number of likely N-dealkylation sites (N-methyl/N-ethyl adjacent to an activating group) is 1. The quantitative estimate of drug-likeness (QED) is 0.534. The predicted octanol–water partition coefficient (Wildman–Crippen LogP) is 4.80. The van der Waals surface area contributed by atoms with Crippen molar-refractivity contribution in [1.82, 2.24) is 10.2 Å². The van der Waals surface area contributed by atoms with Crippen LogP contribution in [0.1, 0.15) is 13.8 Å². The molecule has 0 bridgehead atoms. The minimum absolute atomic E-state index is 0.00183. The van der Waals surface area contributed by atoms with E-state index in [-0.39, 0.29) is 36.7 Å². The fourth-order valence-corrected chi connectivity index (χ4v) is 5.04. The molecule has 3 aliphatic rings. The molecule has 1 amide bonds. The molecule has 1 fully saturated rings. The summed E-state index contributed by atoms with van der Waals surface area (Å²) in [5, 5.41) is 4.93. The molecule has 0 unspecified atom stereocenters. The molecule has 0 spiro atoms. The fourth-order valence-electron chi connectivity index (χ4n) is 5.04. The molecule has 3 aliphatic heterocycles. The van der Waals surface area contributed by atoms with Crippen LogP contribution in [0.2, 0.25) is 0 Å². The topological polar surface area (TPSA) is 66.1 Å². The summed E-state index contributed by atoms with van der Waals surface area (Å²) >= 11 is 0. The molecule has 0 radical (unpaired) electrons. The second-order valence-electron chi connectivity index (χ2n) is 9.81. The second kappa shape index (κ2) is 10.1. The number of nitrogens with one attached hydrogen (secondary N) is 2. The highest BCUT2D eigenvalue weighted by molar-refractivity contribution is 6.09. The van der Waals surface area contributed by atoms with Crippen LogP contribution >= 0.6 is 0 Å². The van der Waals surface area contributed by atoms with Crippen molar-refractivity contribution in [2.45, 2.75) is 32.1 Å². The van der Waals surface area contributed by atoms with E-state index in [0.29, 0.717) is 24.6 Å². The second-order valence-corrected chi connectivity index (χ2v) is 9.81. The molecule has 0 aliphatic carbocycles. The van der Waals surface area contributed by atoms with Gasteiger partial charge in [-0.25, -0.2) is 8.78 Å². The van der Waals surface area contributed by atoms with E-state index in [1.807, 2.05) is 20.9 Å². The molecule has 0 aromatic heterocycles. The Bertz CT molecular complexity index is 1360. The van der Waals surface area contributed by atoms with Crippen molar-refractivity contribution >= 4 is 17.3 Å². The summed E-state index contributed by atoms with van der Waals surface area (Å²) in [7, 11) is 1.94. The number of alkyl halides is 3. The van der Waals surface area contributed by atoms with Crippen molar-refractivity contribution in [3.05, 3.63) is 59.3 Å². The Labute approximate surface area is 221 Å². The minimum atomic E-state index is -4.80. The molecular weight excluding hydrogens is 523 g/mol. The number of anilines is 2. The summed E-state index contributed by atoms with van der Waals surface area (Å²) in [5.74, 6) is -2.48. The number of carbonyl (C=O) groups is 1. The van der Waals surface area contributed by atoms with E-state index in [1.165, 1.54) is 18.2 Å². The van der Waals surface area contributed by atoms with Crippen molar-refractivity contribution < 1.29 is 36.2 Å². The molecule has 2 atom stereocenters. The van der Waals surface area contributed by atoms with Crippen molar-refractivity contribution in [2.75, 3.05) is 43.7 Å². The predicted molar refractivity (Wildman–Crippen MR) is 136 cm³/mol. The number of hydrogen-bond donors (Lipinski definition) is 2. The number of halogens is 5. The number of benzene rings is 2. The molecular formula is C27H27F5N4O3. The van der Waals surface area contributed by atoms with Crippen LogP contribution < -0.4 is 25.0 Å². The number of ether oxygens (including phenoxy) is 2. The Morgan fingerprint density at radius 3 is 2.46 bits per heavy atom. The Balaban J connectivity index is 1.61. The zero-order valence-electron chi connectivity index (χ0n) is 21.5. The van der Waals surface area contributed by atoms with Crippen LogP contribution in [0, 0.1) is 11.6 Å². The van der Waals surface area contributed by atoms with Crippen LogP contribution in [0.5, 0.6) is 11.5 Å². The van der Waals surface area contributed by atoms with Gasteiger partial charge in [0.25, 0.3) is 5.91 Å². The van der Waals surface area contributed by atoms with E-state index in [0.717, 1.165) is 18.3 Å². The van der Waals surface area contributed by atoms with Crippen LogP contribution in [0.15, 0.2) is 47.7 Å². The fraction of sp³-hybridized carbons (Fsp3) is 0.370. The van der Waals surface area contributed by atoms with Gasteiger partial charge in [-0.15, -0.1) is 0 Å². The number of carbonyl (C=O) groups excluding carboxylic acids is 1. The van der Waals surface area contributed by atoms with Gasteiger partial charge < -0.3 is 25.0 Å². The third-order valence-corrected chi connectivity index (χ3v) is 7.31. The van der Waals surface area contributed by atoms with Gasteiger partial charge >= 0.3 is 6.18 Å². The molecule has 0 saturated carbocycles. The zero-order valence-corrected chi connectivity index (χ0v) is 21.5. The zero-order chi connectivity index (χ0) is 28.1. The van der Waals surface area contributed by atoms with Gasteiger partial charge in [0.05, 0.1) is 22.4 Å². The number of hydrogen-bond acceptors (Lipinski definition) is 6. The highest BCUT2D eigenvalue weighted by Crippen LogP contribution is 2.43. The van der Waals surface area contributed by atoms with Crippen molar-refractivity contribution in [2.24, 2.45) is 0 Å². The SMILES string of the molecule is C[C@@H]1CN(c2cc(F)c(-c3ccc4c(c3)OCO4)c(F)c2NC(=O)C2=CNCC=C2C(F)(F)F)C[C@H](C)N1C. The maximum Gasteiger partial charge on any atom is 0.416 e. The largest absolute Gasteiger partial charge is 0.454 e. The minimum Gasteiger partial charge on any atom is -0.454 e. The van der Waals surface area contributed by atoms with Crippen LogP contribution in [-0.4, -0.2) is 62.5 Å². The first kappa shape index (κ1) is 26.8. The van der Waals surface area contributed by atoms with Gasteiger partial charge in [0, 0.05) is 44.0 Å². The molecule has 5 rings (SSSR count). The molecule has 7 nitrogen and oxygen atoms in total. The lowest BCUT2D eigenvalue weighted by Gasteiger charge is -2.44. The monoisotopic (exact) mass is 550 g/mol. The maximum atomic E-state index is 16.3. The van der Waals surface area contributed by atoms with E-state index < -0.39 is 46.1 Å². The third kappa shape index (κ3) is 5.00. The Morgan fingerprint density at radius 2 is 1.77 bits per heavy atom. The van der Waals surface area contributed by atoms with E-state index in [1.54, 1.807) is 4.90 Å². The molecule has 2 aromatic rings. The first-order valence-corrected chi connectivity index (χ1v) is 12.4. The number of dihydropyridines is 1. The summed E-state index contributed by atoms with van der Waals surface area (Å²) < 4.78 is 83.4. The molecule has 1 saturated heterocycles. The Kier molecular flexibility index (Phi) is 6.91. The van der Waals surface area contributed by atoms with E-state index >= 15 is 8.78 Å². The summed E-state index contributed by atoms with van der Waals surface area (Å²) in [6, 6.07) is 5.47. The molecule has 2 aromatic carbocycles. The van der Waals surface area contributed by atoms with Crippen LogP contribution in [-0.2, 0) is 4.79 Å². The third-order valence-electron chi connectivity index (χ3n) is 7.31. The standard InChI is InChI=1S/C27H27F5N4O3/c1-14-11-36(12-15(2)35(14)3)20-9-19(28)23(16-4-5-21-22(8-16)39-13-38-21)24(29)25(20)34-26(37)17-10-33-7-6-18(17)27(30,31)32/h4-6,8-10,14-15,33H,7,11-13H2,1-3H3,(H,34,37)/t14-,15+. The van der Waals surface area contributed by atoms with Crippen molar-refractivity contribution in [1.29, 1.82) is 0 Å². The van der Waals surface area contributed by atoms with E-state index in [4.69, 9.17) is 9.47 Å². The van der Waals surface area contributed by atoms with Gasteiger partial charge in [-0.1, -0.05) is 12.1 Å². The number of amides is 1. The van der Waals surface area contributed by atoms with Crippen molar-refractivity contribution in [3.8, 4) is 22.6 Å². The smallest absolute Gasteiger partial charge is 0.416 e. The summed E-state index contributed by atoms with van der Waals surface area (Å²) in [6.45, 7) is 4.50. The van der Waals surface area contributed by atoms with Crippen LogP contribution in [0.25, 0.3) is 11.1 Å². The average molecular weight is 551 g/mol. The van der Waals surface area contributed by atoms with Gasteiger partial charge in [-0.3, -0.25) is 9.69 Å². The molecule has 39 heavy (non-hydrogen) atoms. The van der Waals surface area contributed by atoms with E-state index in [2.05, 4.69) is 15.5 Å². The number of nitrogens with zero attached hydrogens (tertiary/aromatic N) is 2. The molecule has 3 heterocycles. The lowest BCUT2D eigenvalue weighted by atomic mass is 9.99. The summed E-state index contributed by atoms with van der Waals surface area (Å²) in [4.78, 5) is 17.0. The van der Waals surface area contributed by atoms with Gasteiger partial charge in [-0.05, 0) is 38.6 Å². The van der Waals surface area contributed by atoms with Gasteiger partial charge in [0.2, 0.25) is 6.79 Å². The number of fused-ring (bicyclic) bond motifs is 1. The number of piperazine rings is 1. The Hall–Kier alpha value is -3.80. The first-order valence-electron chi connectivity index (χ1n) is 12.4. The Morgan fingerprint density at radius 1 is 1.08 bits per heavy atom. The molecule has 2 N–H and O–H groups in total. The normalized spacial score (nSPS) is 21.3. The highest BCUT2D eigenvalue weighted by atomic mass is 19.4. The van der Waals surface area contributed by atoms with Gasteiger partial charge in [-0.2, -0.15) is 13.2 Å². The van der Waals surface area contributed by atoms with Crippen molar-refractivity contribution in [3.63, 3.8) is 0 Å². The van der Waals surface area contributed by atoms with Gasteiger partial charge in [0.15, 0.2) is 17.3 Å². The molecule has 208 valence electrons. The van der Waals surface area contributed by atoms with E-state index in [9.17, 15) is 18.0 Å². The highest BCUT2D eigenvalue weighted by Gasteiger charge is 2.40.